The summed E-state index contributed by atoms with van der Waals surface area (Å²) in [4.78, 5) is 0. The lowest BCUT2D eigenvalue weighted by Gasteiger charge is -2.44. The number of hydrogen-bond acceptors (Lipinski definition) is 2. The van der Waals surface area contributed by atoms with Crippen molar-refractivity contribution in [1.82, 2.24) is 0 Å². The fourth-order valence-electron chi connectivity index (χ4n) is 3.16. The van der Waals surface area contributed by atoms with Crippen molar-refractivity contribution < 1.29 is 5.11 Å². The van der Waals surface area contributed by atoms with Gasteiger partial charge in [0.2, 0.25) is 0 Å². The van der Waals surface area contributed by atoms with Gasteiger partial charge in [-0.3, -0.25) is 0 Å². The van der Waals surface area contributed by atoms with E-state index in [4.69, 9.17) is 28.9 Å². The molecule has 0 heterocycles. The summed E-state index contributed by atoms with van der Waals surface area (Å²) in [6.07, 6.45) is 0. The summed E-state index contributed by atoms with van der Waals surface area (Å²) in [6, 6.07) is 14.9. The first-order valence-corrected chi connectivity index (χ1v) is 9.01. The molecule has 2 aromatic carbocycles. The maximum Gasteiger partial charge on any atom is 0.117 e. The summed E-state index contributed by atoms with van der Waals surface area (Å²) in [5, 5.41) is 13.1. The first-order valence-electron chi connectivity index (χ1n) is 8.26. The maximum atomic E-state index is 11.9. The highest BCUT2D eigenvalue weighted by atomic mass is 35.5. The molecule has 0 aromatic heterocycles. The van der Waals surface area contributed by atoms with E-state index in [2.05, 4.69) is 0 Å². The molecule has 0 aliphatic rings. The summed E-state index contributed by atoms with van der Waals surface area (Å²) in [5.74, 6) is 0. The standard InChI is InChI=1S/C21H25Cl2NO/c1-14(16-8-10-18(22)11-9-16)15(2)21(25,20(3,4)13-24)17-6-5-7-19(23)12-17/h5-12,25H,13,24H2,1-4H3. The van der Waals surface area contributed by atoms with E-state index >= 15 is 0 Å². The van der Waals surface area contributed by atoms with Gasteiger partial charge in [0.1, 0.15) is 5.60 Å². The minimum Gasteiger partial charge on any atom is -0.380 e. The Morgan fingerprint density at radius 1 is 1.00 bits per heavy atom. The minimum absolute atomic E-state index is 0.321. The summed E-state index contributed by atoms with van der Waals surface area (Å²) >= 11 is 12.2. The second-order valence-corrected chi connectivity index (χ2v) is 7.94. The van der Waals surface area contributed by atoms with Gasteiger partial charge in [0.05, 0.1) is 0 Å². The van der Waals surface area contributed by atoms with Gasteiger partial charge in [-0.05, 0) is 60.4 Å². The molecule has 0 amide bonds. The Morgan fingerprint density at radius 3 is 2.12 bits per heavy atom. The lowest BCUT2D eigenvalue weighted by Crippen LogP contribution is -2.47. The fourth-order valence-corrected chi connectivity index (χ4v) is 3.48. The fraction of sp³-hybridized carbons (Fsp3) is 0.333. The van der Waals surface area contributed by atoms with E-state index in [9.17, 15) is 5.11 Å². The van der Waals surface area contributed by atoms with Crippen molar-refractivity contribution in [2.24, 2.45) is 11.1 Å². The van der Waals surface area contributed by atoms with Crippen molar-refractivity contribution in [1.29, 1.82) is 0 Å². The van der Waals surface area contributed by atoms with Gasteiger partial charge in [0.15, 0.2) is 0 Å². The number of nitrogens with two attached hydrogens (primary N) is 1. The average molecular weight is 378 g/mol. The van der Waals surface area contributed by atoms with Crippen LogP contribution in [0.5, 0.6) is 0 Å². The Bertz CT molecular complexity index is 781. The third-order valence-corrected chi connectivity index (χ3v) is 5.60. The smallest absolute Gasteiger partial charge is 0.117 e. The molecular weight excluding hydrogens is 353 g/mol. The first kappa shape index (κ1) is 20.0. The molecule has 2 aromatic rings. The first-order chi connectivity index (χ1) is 11.6. The molecule has 0 fully saturated rings. The van der Waals surface area contributed by atoms with Gasteiger partial charge < -0.3 is 10.8 Å². The molecule has 3 N–H and O–H groups in total. The maximum absolute atomic E-state index is 11.9. The van der Waals surface area contributed by atoms with Crippen molar-refractivity contribution in [3.8, 4) is 0 Å². The highest BCUT2D eigenvalue weighted by molar-refractivity contribution is 6.30. The zero-order chi connectivity index (χ0) is 18.8. The molecule has 134 valence electrons. The van der Waals surface area contributed by atoms with Crippen LogP contribution in [0.4, 0.5) is 0 Å². The number of benzene rings is 2. The average Bonchev–Trinajstić information content (AvgIpc) is 2.60. The highest BCUT2D eigenvalue weighted by Gasteiger charge is 2.46. The van der Waals surface area contributed by atoms with Gasteiger partial charge in [0, 0.05) is 22.0 Å². The van der Waals surface area contributed by atoms with Crippen molar-refractivity contribution in [3.63, 3.8) is 0 Å². The summed E-state index contributed by atoms with van der Waals surface area (Å²) in [6.45, 7) is 8.20. The number of aliphatic hydroxyl groups is 1. The molecule has 2 nitrogen and oxygen atoms in total. The Morgan fingerprint density at radius 2 is 1.60 bits per heavy atom. The van der Waals surface area contributed by atoms with Gasteiger partial charge in [-0.25, -0.2) is 0 Å². The SMILES string of the molecule is CC(=C(C)C(O)(c1cccc(Cl)c1)C(C)(C)CN)c1ccc(Cl)cc1. The second-order valence-electron chi connectivity index (χ2n) is 7.07. The van der Waals surface area contributed by atoms with Crippen molar-refractivity contribution in [2.45, 2.75) is 33.3 Å². The second kappa shape index (κ2) is 7.51. The van der Waals surface area contributed by atoms with E-state index in [1.807, 2.05) is 64.1 Å². The van der Waals surface area contributed by atoms with Gasteiger partial charge in [-0.15, -0.1) is 0 Å². The molecule has 1 atom stereocenters. The van der Waals surface area contributed by atoms with Crippen LogP contribution in [0, 0.1) is 5.41 Å². The van der Waals surface area contributed by atoms with Crippen molar-refractivity contribution in [2.75, 3.05) is 6.54 Å². The Labute approximate surface area is 160 Å². The summed E-state index contributed by atoms with van der Waals surface area (Å²) < 4.78 is 0. The van der Waals surface area contributed by atoms with Crippen LogP contribution in [-0.4, -0.2) is 11.7 Å². The molecular formula is C21H25Cl2NO. The van der Waals surface area contributed by atoms with E-state index in [0.29, 0.717) is 16.6 Å². The predicted molar refractivity (Wildman–Crippen MR) is 108 cm³/mol. The van der Waals surface area contributed by atoms with Gasteiger partial charge in [-0.2, -0.15) is 0 Å². The quantitative estimate of drug-likeness (QED) is 0.705. The predicted octanol–water partition coefficient (Wildman–Crippen LogP) is 5.66. The van der Waals surface area contributed by atoms with Crippen LogP contribution < -0.4 is 5.73 Å². The Balaban J connectivity index is 2.71. The molecule has 0 bridgehead atoms. The van der Waals surface area contributed by atoms with Crippen LogP contribution in [0.15, 0.2) is 54.1 Å². The molecule has 0 spiro atoms. The van der Waals surface area contributed by atoms with Gasteiger partial charge in [0.25, 0.3) is 0 Å². The van der Waals surface area contributed by atoms with E-state index in [1.165, 1.54) is 0 Å². The molecule has 0 aliphatic carbocycles. The minimum atomic E-state index is -1.25. The van der Waals surface area contributed by atoms with Crippen LogP contribution in [-0.2, 0) is 5.60 Å². The molecule has 0 aliphatic heterocycles. The Hall–Kier alpha value is -1.32. The Kier molecular flexibility index (Phi) is 6.01. The number of halogens is 2. The lowest BCUT2D eigenvalue weighted by molar-refractivity contribution is -0.0345. The normalized spacial score (nSPS) is 15.5. The van der Waals surface area contributed by atoms with Crippen LogP contribution in [0.2, 0.25) is 10.0 Å². The molecule has 25 heavy (non-hydrogen) atoms. The van der Waals surface area contributed by atoms with Crippen LogP contribution in [0.25, 0.3) is 5.57 Å². The third-order valence-electron chi connectivity index (χ3n) is 5.11. The van der Waals surface area contributed by atoms with E-state index < -0.39 is 11.0 Å². The highest BCUT2D eigenvalue weighted by Crippen LogP contribution is 2.47. The summed E-state index contributed by atoms with van der Waals surface area (Å²) in [7, 11) is 0. The molecule has 4 heteroatoms. The zero-order valence-corrected chi connectivity index (χ0v) is 16.6. The van der Waals surface area contributed by atoms with Crippen LogP contribution in [0.1, 0.15) is 38.8 Å². The molecule has 1 unspecified atom stereocenters. The van der Waals surface area contributed by atoms with Crippen molar-refractivity contribution >= 4 is 28.8 Å². The number of hydrogen-bond donors (Lipinski definition) is 2. The lowest BCUT2D eigenvalue weighted by atomic mass is 9.66. The van der Waals surface area contributed by atoms with E-state index in [0.717, 1.165) is 22.3 Å². The summed E-state index contributed by atoms with van der Waals surface area (Å²) in [5.41, 5.74) is 7.76. The number of allylic oxidation sites excluding steroid dienone is 1. The molecule has 0 saturated carbocycles. The van der Waals surface area contributed by atoms with E-state index in [1.54, 1.807) is 12.1 Å². The van der Waals surface area contributed by atoms with Crippen LogP contribution >= 0.6 is 23.2 Å². The zero-order valence-electron chi connectivity index (χ0n) is 15.1. The largest absolute Gasteiger partial charge is 0.380 e. The van der Waals surface area contributed by atoms with Crippen LogP contribution in [0.3, 0.4) is 0 Å². The monoisotopic (exact) mass is 377 g/mol. The molecule has 2 rings (SSSR count). The van der Waals surface area contributed by atoms with Crippen molar-refractivity contribution in [3.05, 3.63) is 75.3 Å². The third kappa shape index (κ3) is 3.78. The molecule has 0 saturated heterocycles. The topological polar surface area (TPSA) is 46.2 Å². The van der Waals surface area contributed by atoms with Gasteiger partial charge in [-0.1, -0.05) is 61.3 Å². The number of rotatable bonds is 5. The van der Waals surface area contributed by atoms with Gasteiger partial charge >= 0.3 is 0 Å². The molecule has 0 radical (unpaired) electrons. The van der Waals surface area contributed by atoms with E-state index in [-0.39, 0.29) is 0 Å².